The van der Waals surface area contributed by atoms with Crippen LogP contribution in [0.3, 0.4) is 0 Å². The van der Waals surface area contributed by atoms with Crippen molar-refractivity contribution in [1.82, 2.24) is 0 Å². The molecule has 94 valence electrons. The van der Waals surface area contributed by atoms with E-state index in [-0.39, 0.29) is 11.9 Å². The first-order valence-corrected chi connectivity index (χ1v) is 5.60. The maximum atomic E-state index is 11.5. The fourth-order valence-electron chi connectivity index (χ4n) is 1.77. The molecule has 0 spiro atoms. The number of benzene rings is 1. The Hall–Kier alpha value is -1.55. The van der Waals surface area contributed by atoms with Crippen LogP contribution in [0, 0.1) is 0 Å². The highest BCUT2D eigenvalue weighted by atomic mass is 16.5. The molecule has 0 saturated carbocycles. The Morgan fingerprint density at radius 3 is 2.65 bits per heavy atom. The molecule has 4 nitrogen and oxygen atoms in total. The van der Waals surface area contributed by atoms with Crippen LogP contribution in [-0.4, -0.2) is 26.7 Å². The Morgan fingerprint density at radius 1 is 1.41 bits per heavy atom. The summed E-state index contributed by atoms with van der Waals surface area (Å²) in [5.74, 6) is 0.687. The van der Waals surface area contributed by atoms with Crippen molar-refractivity contribution in [3.63, 3.8) is 0 Å². The van der Waals surface area contributed by atoms with Gasteiger partial charge in [0, 0.05) is 0 Å². The maximum absolute atomic E-state index is 11.5. The molecule has 1 aromatic carbocycles. The van der Waals surface area contributed by atoms with Crippen LogP contribution in [0.4, 0.5) is 0 Å². The van der Waals surface area contributed by atoms with E-state index in [2.05, 4.69) is 6.92 Å². The monoisotopic (exact) mass is 237 g/mol. The van der Waals surface area contributed by atoms with Gasteiger partial charge in [-0.15, -0.1) is 0 Å². The summed E-state index contributed by atoms with van der Waals surface area (Å²) >= 11 is 0. The van der Waals surface area contributed by atoms with Crippen molar-refractivity contribution in [2.75, 3.05) is 20.8 Å². The fraction of sp³-hybridized carbons (Fsp3) is 0.462. The molecule has 0 amide bonds. The minimum Gasteiger partial charge on any atom is -0.496 e. The maximum Gasteiger partial charge on any atom is 0.337 e. The predicted molar refractivity (Wildman–Crippen MR) is 66.4 cm³/mol. The van der Waals surface area contributed by atoms with Crippen molar-refractivity contribution in [2.24, 2.45) is 5.73 Å². The van der Waals surface area contributed by atoms with Gasteiger partial charge in [-0.25, -0.2) is 4.79 Å². The summed E-state index contributed by atoms with van der Waals surface area (Å²) in [4.78, 5) is 11.5. The van der Waals surface area contributed by atoms with Crippen molar-refractivity contribution < 1.29 is 14.3 Å². The standard InChI is InChI=1S/C13H19NO3/c1-9(6-7-14)11-8-10(13(15)17-3)4-5-12(11)16-2/h4-5,8-9H,6-7,14H2,1-3H3. The van der Waals surface area contributed by atoms with Crippen LogP contribution in [0.1, 0.15) is 35.2 Å². The molecule has 2 N–H and O–H groups in total. The molecule has 0 aliphatic carbocycles. The van der Waals surface area contributed by atoms with E-state index in [1.165, 1.54) is 7.11 Å². The number of carbonyl (C=O) groups is 1. The lowest BCUT2D eigenvalue weighted by Crippen LogP contribution is -2.08. The van der Waals surface area contributed by atoms with Gasteiger partial charge in [-0.1, -0.05) is 6.92 Å². The molecule has 0 aliphatic rings. The first-order chi connectivity index (χ1) is 8.13. The number of rotatable bonds is 5. The minimum atomic E-state index is -0.339. The first kappa shape index (κ1) is 13.5. The molecule has 1 rings (SSSR count). The van der Waals surface area contributed by atoms with Gasteiger partial charge in [0.25, 0.3) is 0 Å². The van der Waals surface area contributed by atoms with E-state index in [4.69, 9.17) is 15.2 Å². The van der Waals surface area contributed by atoms with Crippen LogP contribution in [0.15, 0.2) is 18.2 Å². The molecule has 1 unspecified atom stereocenters. The van der Waals surface area contributed by atoms with E-state index in [1.54, 1.807) is 19.2 Å². The Bertz CT molecular complexity index is 390. The summed E-state index contributed by atoms with van der Waals surface area (Å²) in [5.41, 5.74) is 7.07. The summed E-state index contributed by atoms with van der Waals surface area (Å²) in [5, 5.41) is 0. The number of methoxy groups -OCH3 is 2. The zero-order valence-electron chi connectivity index (χ0n) is 10.5. The second-order valence-corrected chi connectivity index (χ2v) is 3.93. The molecule has 0 radical (unpaired) electrons. The molecule has 1 aromatic rings. The summed E-state index contributed by atoms with van der Waals surface area (Å²) in [6.07, 6.45) is 0.848. The highest BCUT2D eigenvalue weighted by Crippen LogP contribution is 2.29. The van der Waals surface area contributed by atoms with Crippen LogP contribution < -0.4 is 10.5 Å². The zero-order valence-corrected chi connectivity index (χ0v) is 10.5. The van der Waals surface area contributed by atoms with Gasteiger partial charge in [-0.3, -0.25) is 0 Å². The lowest BCUT2D eigenvalue weighted by atomic mass is 9.95. The molecule has 0 saturated heterocycles. The van der Waals surface area contributed by atoms with E-state index in [0.29, 0.717) is 12.1 Å². The average molecular weight is 237 g/mol. The molecule has 0 bridgehead atoms. The first-order valence-electron chi connectivity index (χ1n) is 5.60. The van der Waals surface area contributed by atoms with Gasteiger partial charge in [0.05, 0.1) is 19.8 Å². The normalized spacial score (nSPS) is 12.0. The molecule has 4 heteroatoms. The van der Waals surface area contributed by atoms with Crippen LogP contribution in [0.5, 0.6) is 5.75 Å². The summed E-state index contributed by atoms with van der Waals surface area (Å²) in [7, 11) is 2.99. The molecular weight excluding hydrogens is 218 g/mol. The number of esters is 1. The number of carbonyl (C=O) groups excluding carboxylic acids is 1. The van der Waals surface area contributed by atoms with Gasteiger partial charge in [-0.05, 0) is 42.6 Å². The number of ether oxygens (including phenoxy) is 2. The van der Waals surface area contributed by atoms with E-state index >= 15 is 0 Å². The third kappa shape index (κ3) is 3.20. The summed E-state index contributed by atoms with van der Waals surface area (Å²) < 4.78 is 9.99. The highest BCUT2D eigenvalue weighted by Gasteiger charge is 2.14. The molecule has 0 aromatic heterocycles. The second kappa shape index (κ2) is 6.25. The highest BCUT2D eigenvalue weighted by molar-refractivity contribution is 5.89. The Labute approximate surface area is 102 Å². The third-order valence-electron chi connectivity index (χ3n) is 2.78. The number of hydrogen-bond acceptors (Lipinski definition) is 4. The van der Waals surface area contributed by atoms with Gasteiger partial charge in [0.15, 0.2) is 0 Å². The van der Waals surface area contributed by atoms with Crippen molar-refractivity contribution >= 4 is 5.97 Å². The van der Waals surface area contributed by atoms with Crippen molar-refractivity contribution in [3.8, 4) is 5.75 Å². The van der Waals surface area contributed by atoms with Crippen LogP contribution in [-0.2, 0) is 4.74 Å². The van der Waals surface area contributed by atoms with Gasteiger partial charge >= 0.3 is 5.97 Å². The van der Waals surface area contributed by atoms with Crippen molar-refractivity contribution in [2.45, 2.75) is 19.3 Å². The Morgan fingerprint density at radius 2 is 2.12 bits per heavy atom. The summed E-state index contributed by atoms with van der Waals surface area (Å²) in [6, 6.07) is 5.29. The van der Waals surface area contributed by atoms with Crippen molar-refractivity contribution in [1.29, 1.82) is 0 Å². The fourth-order valence-corrected chi connectivity index (χ4v) is 1.77. The van der Waals surface area contributed by atoms with Gasteiger partial charge in [-0.2, -0.15) is 0 Å². The molecular formula is C13H19NO3. The van der Waals surface area contributed by atoms with E-state index < -0.39 is 0 Å². The van der Waals surface area contributed by atoms with Gasteiger partial charge < -0.3 is 15.2 Å². The topological polar surface area (TPSA) is 61.5 Å². The van der Waals surface area contributed by atoms with E-state index in [1.807, 2.05) is 6.07 Å². The van der Waals surface area contributed by atoms with E-state index in [9.17, 15) is 4.79 Å². The largest absolute Gasteiger partial charge is 0.496 e. The zero-order chi connectivity index (χ0) is 12.8. The summed E-state index contributed by atoms with van der Waals surface area (Å²) in [6.45, 7) is 2.67. The molecule has 0 heterocycles. The Kier molecular flexibility index (Phi) is 4.97. The molecule has 0 aliphatic heterocycles. The predicted octanol–water partition coefficient (Wildman–Crippen LogP) is 1.93. The Balaban J connectivity index is 3.10. The van der Waals surface area contributed by atoms with Crippen molar-refractivity contribution in [3.05, 3.63) is 29.3 Å². The van der Waals surface area contributed by atoms with Gasteiger partial charge in [0.1, 0.15) is 5.75 Å². The average Bonchev–Trinajstić information content (AvgIpc) is 2.37. The lowest BCUT2D eigenvalue weighted by molar-refractivity contribution is 0.0600. The molecule has 1 atom stereocenters. The van der Waals surface area contributed by atoms with Crippen LogP contribution >= 0.6 is 0 Å². The molecule has 0 fully saturated rings. The second-order valence-electron chi connectivity index (χ2n) is 3.93. The molecule has 17 heavy (non-hydrogen) atoms. The van der Waals surface area contributed by atoms with Gasteiger partial charge in [0.2, 0.25) is 0 Å². The third-order valence-corrected chi connectivity index (χ3v) is 2.78. The quantitative estimate of drug-likeness (QED) is 0.795. The van der Waals surface area contributed by atoms with Crippen LogP contribution in [0.25, 0.3) is 0 Å². The smallest absolute Gasteiger partial charge is 0.337 e. The number of hydrogen-bond donors (Lipinski definition) is 1. The number of nitrogens with two attached hydrogens (primary N) is 1. The van der Waals surface area contributed by atoms with E-state index in [0.717, 1.165) is 17.7 Å². The lowest BCUT2D eigenvalue weighted by Gasteiger charge is -2.15. The minimum absolute atomic E-state index is 0.250. The SMILES string of the molecule is COC(=O)c1ccc(OC)c(C(C)CCN)c1. The van der Waals surface area contributed by atoms with Crippen LogP contribution in [0.2, 0.25) is 0 Å².